The molecule has 1 aliphatic heterocycles. The van der Waals surface area contributed by atoms with Crippen LogP contribution in [0.5, 0.6) is 0 Å². The number of fused-ring (bicyclic) bond motifs is 1. The van der Waals surface area contributed by atoms with Crippen molar-refractivity contribution < 1.29 is 28.5 Å². The second-order valence-electron chi connectivity index (χ2n) is 4.43. The predicted molar refractivity (Wildman–Crippen MR) is 45.6 cm³/mol. The molecule has 0 aromatic heterocycles. The molecule has 0 aromatic rings. The maximum atomic E-state index is 13.5. The van der Waals surface area contributed by atoms with Gasteiger partial charge in [0, 0.05) is 0 Å². The number of aliphatic hydroxyl groups excluding tert-OH is 2. The Morgan fingerprint density at radius 1 is 0.933 bits per heavy atom. The molecule has 2 fully saturated rings. The van der Waals surface area contributed by atoms with Gasteiger partial charge in [-0.25, -0.2) is 8.78 Å². The minimum absolute atomic E-state index is 1.09. The van der Waals surface area contributed by atoms with Crippen LogP contribution in [0.15, 0.2) is 0 Å². The first kappa shape index (κ1) is 11.2. The number of halogens is 2. The molecule has 1 saturated carbocycles. The van der Waals surface area contributed by atoms with Crippen molar-refractivity contribution in [2.24, 2.45) is 0 Å². The lowest BCUT2D eigenvalue weighted by molar-refractivity contribution is -0.153. The van der Waals surface area contributed by atoms with Crippen molar-refractivity contribution in [1.29, 1.82) is 0 Å². The van der Waals surface area contributed by atoms with Gasteiger partial charge in [-0.15, -0.1) is 0 Å². The third-order valence-electron chi connectivity index (χ3n) is 2.79. The van der Waals surface area contributed by atoms with Crippen LogP contribution >= 0.6 is 0 Å². The maximum Gasteiger partial charge on any atom is 0.164 e. The Kier molecular flexibility index (Phi) is 2.50. The Balaban J connectivity index is 2.23. The SMILES string of the molecule is CC1(C)O[C@H]2[C@H](F)[C@H](O)[C@H](O)[C@@H](F)[C@@H]2O1. The lowest BCUT2D eigenvalue weighted by atomic mass is 9.87. The van der Waals surface area contributed by atoms with Crippen molar-refractivity contribution in [2.45, 2.75) is 56.4 Å². The first-order chi connectivity index (χ1) is 6.83. The summed E-state index contributed by atoms with van der Waals surface area (Å²) in [6.45, 7) is 3.06. The average Bonchev–Trinajstić information content (AvgIpc) is 2.48. The van der Waals surface area contributed by atoms with Gasteiger partial charge >= 0.3 is 0 Å². The summed E-state index contributed by atoms with van der Waals surface area (Å²) in [6.07, 6.45) is -9.52. The first-order valence-corrected chi connectivity index (χ1v) is 4.83. The van der Waals surface area contributed by atoms with Gasteiger partial charge in [0.2, 0.25) is 0 Å². The molecular weight excluding hydrogens is 210 g/mol. The Morgan fingerprint density at radius 3 is 1.60 bits per heavy atom. The molecule has 2 aliphatic rings. The second-order valence-corrected chi connectivity index (χ2v) is 4.43. The fourth-order valence-electron chi connectivity index (χ4n) is 2.08. The summed E-state index contributed by atoms with van der Waals surface area (Å²) < 4.78 is 37.3. The summed E-state index contributed by atoms with van der Waals surface area (Å²) in [5.74, 6) is -1.09. The molecule has 88 valence electrons. The van der Waals surface area contributed by atoms with Crippen LogP contribution in [0.1, 0.15) is 13.8 Å². The fraction of sp³-hybridized carbons (Fsp3) is 1.00. The monoisotopic (exact) mass is 224 g/mol. The van der Waals surface area contributed by atoms with E-state index in [0.29, 0.717) is 0 Å². The van der Waals surface area contributed by atoms with Crippen LogP contribution in [0.25, 0.3) is 0 Å². The van der Waals surface area contributed by atoms with Crippen LogP contribution in [0.4, 0.5) is 8.78 Å². The Hall–Kier alpha value is -0.300. The summed E-state index contributed by atoms with van der Waals surface area (Å²) in [7, 11) is 0. The van der Waals surface area contributed by atoms with E-state index in [1.165, 1.54) is 13.8 Å². The van der Waals surface area contributed by atoms with E-state index in [4.69, 9.17) is 9.47 Å². The topological polar surface area (TPSA) is 58.9 Å². The number of ether oxygens (including phenoxy) is 2. The number of rotatable bonds is 0. The van der Waals surface area contributed by atoms with Gasteiger partial charge in [-0.05, 0) is 13.8 Å². The maximum absolute atomic E-state index is 13.5. The van der Waals surface area contributed by atoms with Gasteiger partial charge < -0.3 is 19.7 Å². The zero-order chi connectivity index (χ0) is 11.4. The minimum Gasteiger partial charge on any atom is -0.387 e. The van der Waals surface area contributed by atoms with E-state index >= 15 is 0 Å². The molecule has 2 rings (SSSR count). The smallest absolute Gasteiger partial charge is 0.164 e. The molecule has 0 radical (unpaired) electrons. The Bertz CT molecular complexity index is 236. The highest BCUT2D eigenvalue weighted by Crippen LogP contribution is 2.39. The van der Waals surface area contributed by atoms with Crippen LogP contribution in [-0.2, 0) is 9.47 Å². The van der Waals surface area contributed by atoms with E-state index in [1.807, 2.05) is 0 Å². The van der Waals surface area contributed by atoms with Gasteiger partial charge in [0.25, 0.3) is 0 Å². The molecule has 2 N–H and O–H groups in total. The molecule has 4 nitrogen and oxygen atoms in total. The van der Waals surface area contributed by atoms with E-state index in [-0.39, 0.29) is 0 Å². The average molecular weight is 224 g/mol. The Morgan fingerprint density at radius 2 is 1.27 bits per heavy atom. The highest BCUT2D eigenvalue weighted by Gasteiger charge is 2.58. The number of alkyl halides is 2. The van der Waals surface area contributed by atoms with E-state index in [0.717, 1.165) is 0 Å². The molecule has 0 amide bonds. The van der Waals surface area contributed by atoms with E-state index in [2.05, 4.69) is 0 Å². The van der Waals surface area contributed by atoms with Crippen LogP contribution in [0.2, 0.25) is 0 Å². The number of hydrogen-bond acceptors (Lipinski definition) is 4. The lowest BCUT2D eigenvalue weighted by Crippen LogP contribution is -2.59. The molecule has 1 heterocycles. The third-order valence-corrected chi connectivity index (χ3v) is 2.79. The molecule has 6 heteroatoms. The summed E-state index contributed by atoms with van der Waals surface area (Å²) in [5.41, 5.74) is 0. The summed E-state index contributed by atoms with van der Waals surface area (Å²) in [6, 6.07) is 0. The lowest BCUT2D eigenvalue weighted by Gasteiger charge is -2.36. The largest absolute Gasteiger partial charge is 0.387 e. The molecule has 0 bridgehead atoms. The zero-order valence-electron chi connectivity index (χ0n) is 8.43. The van der Waals surface area contributed by atoms with Crippen molar-refractivity contribution in [2.75, 3.05) is 0 Å². The van der Waals surface area contributed by atoms with Crippen molar-refractivity contribution in [3.8, 4) is 0 Å². The summed E-state index contributed by atoms with van der Waals surface area (Å²) in [4.78, 5) is 0. The molecule has 0 spiro atoms. The van der Waals surface area contributed by atoms with Gasteiger partial charge in [-0.2, -0.15) is 0 Å². The van der Waals surface area contributed by atoms with Crippen molar-refractivity contribution >= 4 is 0 Å². The van der Waals surface area contributed by atoms with Crippen LogP contribution < -0.4 is 0 Å². The van der Waals surface area contributed by atoms with Crippen molar-refractivity contribution in [1.82, 2.24) is 0 Å². The standard InChI is InChI=1S/C9H14F2O4/c1-9(2)14-7-3(10)5(12)6(13)4(11)8(7)15-9/h3-8,12-13H,1-2H3/t3-,4-,5-,6+,7+,8+/m1/s1. The van der Waals surface area contributed by atoms with Gasteiger partial charge in [0.15, 0.2) is 18.1 Å². The van der Waals surface area contributed by atoms with E-state index in [1.54, 1.807) is 0 Å². The molecule has 1 saturated heterocycles. The zero-order valence-corrected chi connectivity index (χ0v) is 8.43. The molecule has 15 heavy (non-hydrogen) atoms. The second kappa shape index (κ2) is 3.35. The van der Waals surface area contributed by atoms with E-state index < -0.39 is 42.5 Å². The number of aliphatic hydroxyl groups is 2. The van der Waals surface area contributed by atoms with Crippen molar-refractivity contribution in [3.63, 3.8) is 0 Å². The van der Waals surface area contributed by atoms with Gasteiger partial charge in [0.1, 0.15) is 24.4 Å². The van der Waals surface area contributed by atoms with Crippen LogP contribution in [-0.4, -0.2) is 52.8 Å². The quantitative estimate of drug-likeness (QED) is 0.604. The van der Waals surface area contributed by atoms with Gasteiger partial charge in [0.05, 0.1) is 0 Å². The number of hydrogen-bond donors (Lipinski definition) is 2. The first-order valence-electron chi connectivity index (χ1n) is 4.83. The Labute approximate surface area is 85.8 Å². The molecule has 0 aromatic carbocycles. The summed E-state index contributed by atoms with van der Waals surface area (Å²) >= 11 is 0. The van der Waals surface area contributed by atoms with Crippen molar-refractivity contribution in [3.05, 3.63) is 0 Å². The molecule has 1 aliphatic carbocycles. The van der Waals surface area contributed by atoms with Crippen LogP contribution in [0.3, 0.4) is 0 Å². The predicted octanol–water partition coefficient (Wildman–Crippen LogP) is -0.0819. The molecular formula is C9H14F2O4. The van der Waals surface area contributed by atoms with Crippen LogP contribution in [0, 0.1) is 0 Å². The fourth-order valence-corrected chi connectivity index (χ4v) is 2.08. The van der Waals surface area contributed by atoms with Gasteiger partial charge in [-0.3, -0.25) is 0 Å². The molecule has 6 atom stereocenters. The highest BCUT2D eigenvalue weighted by molar-refractivity contribution is 5.03. The molecule has 0 unspecified atom stereocenters. The van der Waals surface area contributed by atoms with Gasteiger partial charge in [-0.1, -0.05) is 0 Å². The summed E-state index contributed by atoms with van der Waals surface area (Å²) in [5, 5.41) is 18.5. The third kappa shape index (κ3) is 1.65. The van der Waals surface area contributed by atoms with E-state index in [9.17, 15) is 19.0 Å². The normalized spacial score (nSPS) is 54.0. The minimum atomic E-state index is -1.83. The highest BCUT2D eigenvalue weighted by atomic mass is 19.1.